The van der Waals surface area contributed by atoms with Crippen molar-refractivity contribution in [2.75, 3.05) is 24.6 Å². The number of nitrogens with two attached hydrogens (primary N) is 3. The smallest absolute Gasteiger partial charge is 0.326 e. The zero-order valence-corrected chi connectivity index (χ0v) is 40.3. The van der Waals surface area contributed by atoms with Crippen molar-refractivity contribution in [1.29, 1.82) is 0 Å². The molecule has 26 heteroatoms. The maximum atomic E-state index is 14.1. The first-order valence-corrected chi connectivity index (χ1v) is 23.6. The monoisotopic (exact) mass is 1000 g/mol. The van der Waals surface area contributed by atoms with Crippen molar-refractivity contribution in [3.8, 4) is 0 Å². The van der Waals surface area contributed by atoms with Gasteiger partial charge in [-0.2, -0.15) is 25.3 Å². The van der Waals surface area contributed by atoms with E-state index in [1.54, 1.807) is 30.3 Å². The summed E-state index contributed by atoms with van der Waals surface area (Å²) in [5, 5.41) is 34.5. The highest BCUT2D eigenvalue weighted by Gasteiger charge is 2.40. The maximum Gasteiger partial charge on any atom is 0.326 e. The van der Waals surface area contributed by atoms with Crippen LogP contribution in [0.2, 0.25) is 0 Å². The summed E-state index contributed by atoms with van der Waals surface area (Å²) in [5.41, 5.74) is 18.0. The molecular formula is C43H65N13O11S2. The Morgan fingerprint density at radius 1 is 0.783 bits per heavy atom. The van der Waals surface area contributed by atoms with E-state index >= 15 is 0 Å². The molecule has 0 unspecified atom stereocenters. The molecule has 0 spiro atoms. The van der Waals surface area contributed by atoms with E-state index in [4.69, 9.17) is 17.2 Å². The molecule has 0 bridgehead atoms. The van der Waals surface area contributed by atoms with Crippen LogP contribution in [0.25, 0.3) is 0 Å². The van der Waals surface area contributed by atoms with Crippen molar-refractivity contribution in [1.82, 2.24) is 46.8 Å². The van der Waals surface area contributed by atoms with E-state index in [1.165, 1.54) is 17.4 Å². The number of carboxylic acid groups (broad SMARTS) is 2. The average Bonchev–Trinajstić information content (AvgIpc) is 4.02. The van der Waals surface area contributed by atoms with E-state index < -0.39 is 108 Å². The highest BCUT2D eigenvalue weighted by Crippen LogP contribution is 2.20. The Kier molecular flexibility index (Phi) is 23.8. The molecule has 1 aromatic heterocycles. The predicted molar refractivity (Wildman–Crippen MR) is 258 cm³/mol. The highest BCUT2D eigenvalue weighted by atomic mass is 32.1. The van der Waals surface area contributed by atoms with Crippen molar-refractivity contribution in [3.63, 3.8) is 0 Å². The van der Waals surface area contributed by atoms with Crippen molar-refractivity contribution in [2.45, 2.75) is 120 Å². The molecule has 24 nitrogen and oxygen atoms in total. The number of aliphatic imine (C=N–C) groups is 1. The lowest BCUT2D eigenvalue weighted by Gasteiger charge is -2.30. The van der Waals surface area contributed by atoms with Crippen LogP contribution in [-0.2, 0) is 56.0 Å². The van der Waals surface area contributed by atoms with Gasteiger partial charge < -0.3 is 69.2 Å². The summed E-state index contributed by atoms with van der Waals surface area (Å²) in [7, 11) is 0. The van der Waals surface area contributed by atoms with Crippen molar-refractivity contribution in [3.05, 3.63) is 54.1 Å². The molecule has 1 aromatic carbocycles. The van der Waals surface area contributed by atoms with Gasteiger partial charge >= 0.3 is 11.9 Å². The molecule has 380 valence electrons. The number of likely N-dealkylation sites (tertiary alicyclic amines) is 1. The van der Waals surface area contributed by atoms with Gasteiger partial charge in [0.25, 0.3) is 0 Å². The van der Waals surface area contributed by atoms with Gasteiger partial charge in [0.05, 0.1) is 12.4 Å². The molecular weight excluding hydrogens is 939 g/mol. The Morgan fingerprint density at radius 2 is 1.36 bits per heavy atom. The van der Waals surface area contributed by atoms with Crippen LogP contribution in [0.4, 0.5) is 0 Å². The van der Waals surface area contributed by atoms with E-state index in [2.05, 4.69) is 72.1 Å². The number of aliphatic carboxylic acids is 2. The first-order valence-electron chi connectivity index (χ1n) is 22.4. The number of rotatable bonds is 29. The second kappa shape index (κ2) is 28.8. The fourth-order valence-electron chi connectivity index (χ4n) is 7.32. The number of carbonyl (C=O) groups excluding carboxylic acids is 7. The largest absolute Gasteiger partial charge is 0.481 e. The second-order valence-corrected chi connectivity index (χ2v) is 17.6. The van der Waals surface area contributed by atoms with Gasteiger partial charge in [-0.05, 0) is 50.0 Å². The summed E-state index contributed by atoms with van der Waals surface area (Å²) >= 11 is 8.58. The van der Waals surface area contributed by atoms with Gasteiger partial charge in [-0.25, -0.2) is 9.78 Å². The topological polar surface area (TPSA) is 389 Å². The minimum atomic E-state index is -1.40. The molecule has 15 N–H and O–H groups in total. The number of carbonyl (C=O) groups is 9. The van der Waals surface area contributed by atoms with E-state index in [-0.39, 0.29) is 81.4 Å². The van der Waals surface area contributed by atoms with Crippen LogP contribution in [0.5, 0.6) is 0 Å². The molecule has 1 aliphatic rings. The molecule has 2 heterocycles. The number of benzene rings is 1. The molecule has 69 heavy (non-hydrogen) atoms. The van der Waals surface area contributed by atoms with Gasteiger partial charge in [-0.1, -0.05) is 44.2 Å². The first-order chi connectivity index (χ1) is 32.7. The molecule has 1 aliphatic heterocycles. The Morgan fingerprint density at radius 3 is 1.94 bits per heavy atom. The lowest BCUT2D eigenvalue weighted by Crippen LogP contribution is -2.60. The van der Waals surface area contributed by atoms with Crippen molar-refractivity contribution >= 4 is 84.5 Å². The van der Waals surface area contributed by atoms with Gasteiger partial charge in [-0.3, -0.25) is 43.3 Å². The van der Waals surface area contributed by atoms with Gasteiger partial charge in [-0.15, -0.1) is 0 Å². The third kappa shape index (κ3) is 19.2. The van der Waals surface area contributed by atoms with Crippen LogP contribution in [0.3, 0.4) is 0 Å². The summed E-state index contributed by atoms with van der Waals surface area (Å²) in [6.45, 7) is 3.82. The lowest BCUT2D eigenvalue weighted by atomic mass is 10.0. The molecule has 3 rings (SSSR count). The number of amides is 7. The third-order valence-electron chi connectivity index (χ3n) is 10.9. The Labute approximate surface area is 410 Å². The van der Waals surface area contributed by atoms with Crippen LogP contribution in [0.1, 0.15) is 70.1 Å². The molecule has 1 saturated heterocycles. The van der Waals surface area contributed by atoms with Crippen molar-refractivity contribution in [2.24, 2.45) is 28.1 Å². The Hall–Kier alpha value is -6.41. The zero-order chi connectivity index (χ0) is 51.2. The van der Waals surface area contributed by atoms with Crippen LogP contribution < -0.4 is 49.1 Å². The molecule has 0 radical (unpaired) electrons. The Balaban J connectivity index is 1.77. The van der Waals surface area contributed by atoms with Gasteiger partial charge in [0.15, 0.2) is 5.96 Å². The maximum absolute atomic E-state index is 14.1. The molecule has 8 atom stereocenters. The fraction of sp³-hybridized carbons (Fsp3) is 0.558. The summed E-state index contributed by atoms with van der Waals surface area (Å²) < 4.78 is 0. The zero-order valence-electron chi connectivity index (χ0n) is 38.5. The number of aromatic amines is 1. The summed E-state index contributed by atoms with van der Waals surface area (Å²) in [6, 6.07) is -1.58. The normalized spacial score (nSPS) is 16.3. The fourth-order valence-corrected chi connectivity index (χ4v) is 7.82. The minimum Gasteiger partial charge on any atom is -0.481 e. The number of imidazole rings is 1. The van der Waals surface area contributed by atoms with Crippen molar-refractivity contribution < 1.29 is 53.4 Å². The number of H-pyrrole nitrogens is 1. The first kappa shape index (κ1) is 56.9. The predicted octanol–water partition coefficient (Wildman–Crippen LogP) is -2.67. The van der Waals surface area contributed by atoms with E-state index in [1.807, 2.05) is 13.8 Å². The van der Waals surface area contributed by atoms with E-state index in [0.29, 0.717) is 17.7 Å². The van der Waals surface area contributed by atoms with Crippen LogP contribution in [0, 0.1) is 5.92 Å². The third-order valence-corrected chi connectivity index (χ3v) is 11.6. The quantitative estimate of drug-likeness (QED) is 0.0171. The number of thiol groups is 2. The minimum absolute atomic E-state index is 0.0340. The molecule has 0 saturated carbocycles. The molecule has 2 aromatic rings. The van der Waals surface area contributed by atoms with Gasteiger partial charge in [0.1, 0.15) is 42.3 Å². The van der Waals surface area contributed by atoms with Crippen LogP contribution >= 0.6 is 25.3 Å². The standard InChI is InChI=1S/C43H65N13O11S2/c1-23(2)16-26(44)35(59)50-28(12-13-34(57)58)37(61)51-27(10-6-14-48-43(45)46)36(60)55-32(21-69)41(65)56-15-7-11-33(56)40(64)54-31(20-68)39(63)52-29(17-24-8-4-3-5-9-24)38(62)53-30(42(66)67)18-25-19-47-22-49-25/h3-5,8-9,19,22-23,26-33,68-69H,6-7,10-18,20-21,44H2,1-2H3,(H,47,49)(H,50,59)(H,51,61)(H,52,63)(H,53,62)(H,54,64)(H,55,60)(H,57,58)(H,66,67)(H4,45,46,48)/t26-,27-,28-,29-,30-,31-,32-,33-/m0/s1. The second-order valence-electron chi connectivity index (χ2n) is 16.8. The van der Waals surface area contributed by atoms with E-state index in [0.717, 1.165) is 0 Å². The number of aromatic nitrogens is 2. The number of nitrogens with zero attached hydrogens (tertiary/aromatic N) is 3. The SMILES string of the molecule is CC(C)C[C@H](N)C(=O)N[C@@H](CCC(=O)O)C(=O)N[C@@H](CCCN=C(N)N)C(=O)N[C@@H](CS)C(=O)N1CCC[C@H]1C(=O)N[C@@H](CS)C(=O)N[C@@H](Cc1ccccc1)C(=O)N[C@@H](Cc1cnc[nH]1)C(=O)O. The number of guanidine groups is 1. The number of hydrogen-bond donors (Lipinski definition) is 14. The molecule has 0 aliphatic carbocycles. The van der Waals surface area contributed by atoms with Crippen LogP contribution in [0.15, 0.2) is 47.8 Å². The Bertz CT molecular complexity index is 2090. The highest BCUT2D eigenvalue weighted by molar-refractivity contribution is 7.80. The number of nitrogens with one attached hydrogen (secondary N) is 7. The number of carboxylic acids is 2. The lowest BCUT2D eigenvalue weighted by molar-refractivity contribution is -0.142. The van der Waals surface area contributed by atoms with Gasteiger partial charge in [0, 0.05) is 55.7 Å². The van der Waals surface area contributed by atoms with Crippen LogP contribution in [-0.4, -0.2) is 157 Å². The number of hydrogen-bond acceptors (Lipinski definition) is 14. The molecule has 7 amide bonds. The summed E-state index contributed by atoms with van der Waals surface area (Å²) in [6.07, 6.45) is 2.67. The summed E-state index contributed by atoms with van der Waals surface area (Å²) in [5.74, 6) is -8.75. The molecule has 1 fully saturated rings. The summed E-state index contributed by atoms with van der Waals surface area (Å²) in [4.78, 5) is 131. The average molecular weight is 1000 g/mol. The van der Waals surface area contributed by atoms with E-state index in [9.17, 15) is 53.4 Å². The van der Waals surface area contributed by atoms with Gasteiger partial charge in [0.2, 0.25) is 41.4 Å².